The molecule has 0 radical (unpaired) electrons. The number of rotatable bonds is 5. The van der Waals surface area contributed by atoms with E-state index in [2.05, 4.69) is 0 Å². The first-order valence-electron chi connectivity index (χ1n) is 7.88. The van der Waals surface area contributed by atoms with Crippen molar-refractivity contribution in [3.05, 3.63) is 58.8 Å². The number of hydrogen-bond acceptors (Lipinski definition) is 5. The van der Waals surface area contributed by atoms with Crippen LogP contribution in [0.3, 0.4) is 0 Å². The number of benzene rings is 2. The smallest absolute Gasteiger partial charge is 0.235 e. The van der Waals surface area contributed by atoms with Gasteiger partial charge in [-0.3, -0.25) is 9.59 Å². The van der Waals surface area contributed by atoms with Crippen LogP contribution in [0.4, 0.5) is 0 Å². The fraction of sp³-hybridized carbons (Fsp3) is 0.200. The Morgan fingerprint density at radius 2 is 1.76 bits per heavy atom. The molecule has 0 aliphatic heterocycles. The normalized spacial score (nSPS) is 12.0. The molecule has 0 aliphatic carbocycles. The van der Waals surface area contributed by atoms with Gasteiger partial charge in [-0.05, 0) is 50.2 Å². The van der Waals surface area contributed by atoms with Gasteiger partial charge in [0, 0.05) is 5.56 Å². The Kier molecular flexibility index (Phi) is 4.57. The van der Waals surface area contributed by atoms with Crippen molar-refractivity contribution in [3.63, 3.8) is 0 Å². The molecule has 1 aromatic heterocycles. The molecule has 128 valence electrons. The van der Waals surface area contributed by atoms with Gasteiger partial charge in [0.25, 0.3) is 0 Å². The third-order valence-corrected chi connectivity index (χ3v) is 3.98. The molecule has 3 aromatic rings. The molecule has 1 atom stereocenters. The van der Waals surface area contributed by atoms with Crippen molar-refractivity contribution in [3.8, 4) is 22.8 Å². The first-order chi connectivity index (χ1) is 12.0. The second-order valence-corrected chi connectivity index (χ2v) is 5.68. The molecule has 5 nitrogen and oxygen atoms in total. The number of carbonyl (C=O) groups is 1. The van der Waals surface area contributed by atoms with E-state index in [1.165, 1.54) is 6.92 Å². The number of ketones is 1. The Morgan fingerprint density at radius 3 is 2.40 bits per heavy atom. The predicted molar refractivity (Wildman–Crippen MR) is 95.2 cm³/mol. The van der Waals surface area contributed by atoms with Crippen molar-refractivity contribution >= 4 is 16.8 Å². The van der Waals surface area contributed by atoms with Gasteiger partial charge in [-0.15, -0.1) is 0 Å². The lowest BCUT2D eigenvalue weighted by Crippen LogP contribution is -2.24. The molecule has 3 rings (SSSR count). The summed E-state index contributed by atoms with van der Waals surface area (Å²) in [5.41, 5.74) is 0.816. The average Bonchev–Trinajstić information content (AvgIpc) is 2.63. The monoisotopic (exact) mass is 338 g/mol. The van der Waals surface area contributed by atoms with Crippen LogP contribution < -0.4 is 14.9 Å². The molecule has 5 heteroatoms. The molecule has 0 fully saturated rings. The van der Waals surface area contributed by atoms with E-state index in [1.807, 2.05) is 0 Å². The summed E-state index contributed by atoms with van der Waals surface area (Å²) in [6, 6.07) is 14.0. The summed E-state index contributed by atoms with van der Waals surface area (Å²) in [6.45, 7) is 3.02. The lowest BCUT2D eigenvalue weighted by atomic mass is 10.1. The summed E-state index contributed by atoms with van der Waals surface area (Å²) >= 11 is 0. The summed E-state index contributed by atoms with van der Waals surface area (Å²) in [5, 5.41) is 0.408. The van der Waals surface area contributed by atoms with E-state index in [4.69, 9.17) is 13.9 Å². The largest absolute Gasteiger partial charge is 0.497 e. The molecule has 0 saturated carbocycles. The third kappa shape index (κ3) is 3.26. The summed E-state index contributed by atoms with van der Waals surface area (Å²) in [7, 11) is 1.58. The van der Waals surface area contributed by atoms with Crippen LogP contribution in [0.1, 0.15) is 13.8 Å². The van der Waals surface area contributed by atoms with E-state index in [0.717, 1.165) is 0 Å². The average molecular weight is 338 g/mol. The zero-order valence-corrected chi connectivity index (χ0v) is 14.2. The van der Waals surface area contributed by atoms with Crippen molar-refractivity contribution < 1.29 is 18.7 Å². The quantitative estimate of drug-likeness (QED) is 0.707. The Morgan fingerprint density at radius 1 is 1.08 bits per heavy atom. The van der Waals surface area contributed by atoms with Crippen molar-refractivity contribution in [2.75, 3.05) is 7.11 Å². The van der Waals surface area contributed by atoms with Gasteiger partial charge < -0.3 is 13.9 Å². The molecule has 0 saturated heterocycles. The molecular formula is C20H18O5. The maximum atomic E-state index is 12.9. The SMILES string of the molecule is COc1ccc(-c2oc3ccccc3c(=O)c2OC(C)C(C)=O)cc1. The highest BCUT2D eigenvalue weighted by Gasteiger charge is 2.21. The molecule has 25 heavy (non-hydrogen) atoms. The summed E-state index contributed by atoms with van der Waals surface area (Å²) in [6.07, 6.45) is -0.749. The van der Waals surface area contributed by atoms with Crippen LogP contribution in [-0.2, 0) is 4.79 Å². The van der Waals surface area contributed by atoms with Gasteiger partial charge in [-0.1, -0.05) is 12.1 Å². The maximum absolute atomic E-state index is 12.9. The minimum absolute atomic E-state index is 0.0339. The third-order valence-electron chi connectivity index (χ3n) is 3.98. The van der Waals surface area contributed by atoms with Gasteiger partial charge in [-0.25, -0.2) is 0 Å². The molecule has 0 aliphatic rings. The van der Waals surface area contributed by atoms with Gasteiger partial charge in [0.05, 0.1) is 12.5 Å². The number of fused-ring (bicyclic) bond motifs is 1. The Balaban J connectivity index is 2.23. The van der Waals surface area contributed by atoms with Crippen molar-refractivity contribution in [1.29, 1.82) is 0 Å². The summed E-state index contributed by atoms with van der Waals surface area (Å²) in [5.74, 6) is 0.839. The highest BCUT2D eigenvalue weighted by Crippen LogP contribution is 2.32. The van der Waals surface area contributed by atoms with E-state index in [-0.39, 0.29) is 17.0 Å². The predicted octanol–water partition coefficient (Wildman–Crippen LogP) is 3.82. The molecule has 0 amide bonds. The van der Waals surface area contributed by atoms with Crippen molar-refractivity contribution in [1.82, 2.24) is 0 Å². The van der Waals surface area contributed by atoms with Gasteiger partial charge in [0.15, 0.2) is 17.6 Å². The minimum atomic E-state index is -0.749. The highest BCUT2D eigenvalue weighted by atomic mass is 16.5. The summed E-state index contributed by atoms with van der Waals surface area (Å²) < 4.78 is 16.8. The molecular weight excluding hydrogens is 320 g/mol. The lowest BCUT2D eigenvalue weighted by Gasteiger charge is -2.15. The van der Waals surface area contributed by atoms with E-state index in [0.29, 0.717) is 28.0 Å². The summed E-state index contributed by atoms with van der Waals surface area (Å²) in [4.78, 5) is 24.5. The maximum Gasteiger partial charge on any atom is 0.235 e. The number of hydrogen-bond donors (Lipinski definition) is 0. The Labute approximate surface area is 144 Å². The first kappa shape index (κ1) is 16.8. The zero-order valence-electron chi connectivity index (χ0n) is 14.2. The van der Waals surface area contributed by atoms with Gasteiger partial charge in [0.2, 0.25) is 11.2 Å². The van der Waals surface area contributed by atoms with Gasteiger partial charge >= 0.3 is 0 Å². The standard InChI is InChI=1S/C20H18O5/c1-12(21)13(2)24-20-18(22)16-6-4-5-7-17(16)25-19(20)14-8-10-15(23-3)11-9-14/h4-11,13H,1-3H3. The zero-order chi connectivity index (χ0) is 18.0. The van der Waals surface area contributed by atoms with Crippen LogP contribution in [0.25, 0.3) is 22.3 Å². The fourth-order valence-electron chi connectivity index (χ4n) is 2.42. The molecule has 2 aromatic carbocycles. The van der Waals surface area contributed by atoms with Crippen LogP contribution in [0.15, 0.2) is 57.7 Å². The Bertz CT molecular complexity index is 970. The van der Waals surface area contributed by atoms with Crippen LogP contribution in [-0.4, -0.2) is 19.0 Å². The van der Waals surface area contributed by atoms with Gasteiger partial charge in [0.1, 0.15) is 11.3 Å². The van der Waals surface area contributed by atoms with E-state index < -0.39 is 6.10 Å². The number of para-hydroxylation sites is 1. The fourth-order valence-corrected chi connectivity index (χ4v) is 2.42. The van der Waals surface area contributed by atoms with Crippen molar-refractivity contribution in [2.24, 2.45) is 0 Å². The van der Waals surface area contributed by atoms with Crippen LogP contribution in [0.5, 0.6) is 11.5 Å². The number of Topliss-reactive ketones (excluding diaryl/α,β-unsaturated/α-hetero) is 1. The first-order valence-corrected chi connectivity index (χ1v) is 7.88. The second kappa shape index (κ2) is 6.81. The molecule has 0 N–H and O–H groups in total. The molecule has 1 heterocycles. The van der Waals surface area contributed by atoms with E-state index >= 15 is 0 Å². The Hall–Kier alpha value is -3.08. The minimum Gasteiger partial charge on any atom is -0.497 e. The lowest BCUT2D eigenvalue weighted by molar-refractivity contribution is -0.122. The van der Waals surface area contributed by atoms with E-state index in [1.54, 1.807) is 62.6 Å². The number of carbonyl (C=O) groups excluding carboxylic acids is 1. The molecule has 0 spiro atoms. The topological polar surface area (TPSA) is 65.7 Å². The van der Waals surface area contributed by atoms with Crippen LogP contribution in [0.2, 0.25) is 0 Å². The number of methoxy groups -OCH3 is 1. The molecule has 0 bridgehead atoms. The van der Waals surface area contributed by atoms with Gasteiger partial charge in [-0.2, -0.15) is 0 Å². The van der Waals surface area contributed by atoms with Crippen LogP contribution in [0, 0.1) is 0 Å². The highest BCUT2D eigenvalue weighted by molar-refractivity contribution is 5.83. The number of ether oxygens (including phenoxy) is 2. The second-order valence-electron chi connectivity index (χ2n) is 5.68. The van der Waals surface area contributed by atoms with E-state index in [9.17, 15) is 9.59 Å². The van der Waals surface area contributed by atoms with Crippen molar-refractivity contribution in [2.45, 2.75) is 20.0 Å². The molecule has 1 unspecified atom stereocenters. The van der Waals surface area contributed by atoms with Crippen LogP contribution >= 0.6 is 0 Å².